The number of nitrogens with one attached hydrogen (secondary N) is 1. The molecule has 0 fully saturated rings. The zero-order valence-electron chi connectivity index (χ0n) is 17.4. The number of para-hydroxylation sites is 1. The Hall–Kier alpha value is -3.84. The minimum absolute atomic E-state index is 0.0701. The van der Waals surface area contributed by atoms with Gasteiger partial charge in [-0.2, -0.15) is 0 Å². The van der Waals surface area contributed by atoms with Gasteiger partial charge in [0.15, 0.2) is 0 Å². The Bertz CT molecular complexity index is 1340. The molecule has 0 heterocycles. The van der Waals surface area contributed by atoms with Crippen LogP contribution in [0.2, 0.25) is 0 Å². The van der Waals surface area contributed by atoms with Gasteiger partial charge in [-0.15, -0.1) is 0 Å². The third kappa shape index (κ3) is 4.58. The highest BCUT2D eigenvalue weighted by molar-refractivity contribution is 7.92. The van der Waals surface area contributed by atoms with E-state index < -0.39 is 15.9 Å². The number of fused-ring (bicyclic) bond motifs is 1. The first kappa shape index (κ1) is 21.4. The molecule has 7 heteroatoms. The van der Waals surface area contributed by atoms with Crippen LogP contribution in [0.1, 0.15) is 0 Å². The summed E-state index contributed by atoms with van der Waals surface area (Å²) in [5, 5.41) is 4.85. The molecule has 0 radical (unpaired) electrons. The van der Waals surface area contributed by atoms with E-state index in [1.165, 1.54) is 19.2 Å². The van der Waals surface area contributed by atoms with Crippen molar-refractivity contribution < 1.29 is 17.9 Å². The van der Waals surface area contributed by atoms with Crippen molar-refractivity contribution >= 4 is 38.1 Å². The molecular weight excluding hydrogens is 424 g/mol. The summed E-state index contributed by atoms with van der Waals surface area (Å²) in [4.78, 5) is 12.9. The maximum absolute atomic E-state index is 13.4. The van der Waals surface area contributed by atoms with Gasteiger partial charge >= 0.3 is 0 Å². The van der Waals surface area contributed by atoms with Gasteiger partial charge in [0.1, 0.15) is 12.3 Å². The lowest BCUT2D eigenvalue weighted by Crippen LogP contribution is -2.38. The first-order chi connectivity index (χ1) is 15.5. The SMILES string of the molecule is COc1ccc(S(=O)(=O)N(CC(=O)Nc2ccc3ccccc3c2)c2ccccc2)cc1. The van der Waals surface area contributed by atoms with E-state index in [0.717, 1.165) is 15.1 Å². The molecule has 0 saturated heterocycles. The minimum atomic E-state index is -3.98. The lowest BCUT2D eigenvalue weighted by atomic mass is 10.1. The lowest BCUT2D eigenvalue weighted by Gasteiger charge is -2.24. The van der Waals surface area contributed by atoms with Gasteiger partial charge in [0.05, 0.1) is 17.7 Å². The molecule has 0 saturated carbocycles. The number of anilines is 2. The predicted molar refractivity (Wildman–Crippen MR) is 127 cm³/mol. The van der Waals surface area contributed by atoms with E-state index >= 15 is 0 Å². The van der Waals surface area contributed by atoms with Crippen molar-refractivity contribution in [3.8, 4) is 5.75 Å². The highest BCUT2D eigenvalue weighted by Crippen LogP contribution is 2.25. The molecule has 1 N–H and O–H groups in total. The van der Waals surface area contributed by atoms with Crippen molar-refractivity contribution in [2.45, 2.75) is 4.90 Å². The lowest BCUT2D eigenvalue weighted by molar-refractivity contribution is -0.114. The average Bonchev–Trinajstić information content (AvgIpc) is 2.83. The van der Waals surface area contributed by atoms with Crippen LogP contribution in [0.3, 0.4) is 0 Å². The fourth-order valence-corrected chi connectivity index (χ4v) is 4.80. The van der Waals surface area contributed by atoms with Gasteiger partial charge in [-0.1, -0.05) is 48.5 Å². The smallest absolute Gasteiger partial charge is 0.264 e. The van der Waals surface area contributed by atoms with E-state index in [2.05, 4.69) is 5.32 Å². The van der Waals surface area contributed by atoms with E-state index in [9.17, 15) is 13.2 Å². The molecule has 32 heavy (non-hydrogen) atoms. The quantitative estimate of drug-likeness (QED) is 0.447. The van der Waals surface area contributed by atoms with E-state index in [-0.39, 0.29) is 11.4 Å². The van der Waals surface area contributed by atoms with Crippen molar-refractivity contribution in [3.63, 3.8) is 0 Å². The van der Waals surface area contributed by atoms with Crippen LogP contribution < -0.4 is 14.4 Å². The monoisotopic (exact) mass is 446 g/mol. The van der Waals surface area contributed by atoms with E-state index in [0.29, 0.717) is 17.1 Å². The van der Waals surface area contributed by atoms with Gasteiger partial charge in [0, 0.05) is 5.69 Å². The molecule has 0 spiro atoms. The molecule has 162 valence electrons. The second-order valence-electron chi connectivity index (χ2n) is 7.13. The molecule has 0 aliphatic rings. The normalized spacial score (nSPS) is 11.2. The molecule has 0 aliphatic carbocycles. The summed E-state index contributed by atoms with van der Waals surface area (Å²) in [5.74, 6) is 0.102. The number of carbonyl (C=O) groups is 1. The summed E-state index contributed by atoms with van der Waals surface area (Å²) in [6, 6.07) is 28.0. The van der Waals surface area contributed by atoms with Crippen LogP contribution in [-0.4, -0.2) is 28.0 Å². The Morgan fingerprint density at radius 3 is 2.19 bits per heavy atom. The fraction of sp³-hybridized carbons (Fsp3) is 0.0800. The molecule has 4 aromatic rings. The Kier molecular flexibility index (Phi) is 6.09. The number of ether oxygens (including phenoxy) is 1. The first-order valence-electron chi connectivity index (χ1n) is 9.98. The summed E-state index contributed by atoms with van der Waals surface area (Å²) in [6.45, 7) is -0.370. The summed E-state index contributed by atoms with van der Waals surface area (Å²) in [7, 11) is -2.47. The largest absolute Gasteiger partial charge is 0.497 e. The number of amides is 1. The minimum Gasteiger partial charge on any atom is -0.497 e. The zero-order valence-corrected chi connectivity index (χ0v) is 18.2. The number of carbonyl (C=O) groups excluding carboxylic acids is 1. The molecule has 0 bridgehead atoms. The van der Waals surface area contributed by atoms with E-state index in [1.807, 2.05) is 36.4 Å². The van der Waals surface area contributed by atoms with Gasteiger partial charge in [-0.05, 0) is 59.3 Å². The molecular formula is C25H22N2O4S. The molecule has 6 nitrogen and oxygen atoms in total. The summed E-state index contributed by atoms with van der Waals surface area (Å²) in [5.41, 5.74) is 1.00. The number of methoxy groups -OCH3 is 1. The molecule has 0 unspecified atom stereocenters. The van der Waals surface area contributed by atoms with Crippen LogP contribution in [0.25, 0.3) is 10.8 Å². The predicted octanol–water partition coefficient (Wildman–Crippen LogP) is 4.68. The van der Waals surface area contributed by atoms with Crippen LogP contribution in [0.4, 0.5) is 11.4 Å². The number of hydrogen-bond acceptors (Lipinski definition) is 4. The number of hydrogen-bond donors (Lipinski definition) is 1. The molecule has 4 aromatic carbocycles. The number of rotatable bonds is 7. The van der Waals surface area contributed by atoms with Crippen LogP contribution in [0, 0.1) is 0 Å². The average molecular weight is 447 g/mol. The first-order valence-corrected chi connectivity index (χ1v) is 11.4. The Morgan fingerprint density at radius 2 is 1.50 bits per heavy atom. The van der Waals surface area contributed by atoms with Gasteiger partial charge in [-0.25, -0.2) is 8.42 Å². The molecule has 0 atom stereocenters. The number of sulfonamides is 1. The molecule has 1 amide bonds. The fourth-order valence-electron chi connectivity index (χ4n) is 3.38. The van der Waals surface area contributed by atoms with E-state index in [1.54, 1.807) is 48.5 Å². The van der Waals surface area contributed by atoms with Crippen molar-refractivity contribution in [1.29, 1.82) is 0 Å². The molecule has 4 rings (SSSR count). The maximum atomic E-state index is 13.4. The van der Waals surface area contributed by atoms with Gasteiger partial charge in [-0.3, -0.25) is 9.10 Å². The Labute approximate surface area is 187 Å². The second-order valence-corrected chi connectivity index (χ2v) is 9.00. The van der Waals surface area contributed by atoms with Crippen LogP contribution in [-0.2, 0) is 14.8 Å². The van der Waals surface area contributed by atoms with Crippen LogP contribution in [0.5, 0.6) is 5.75 Å². The summed E-state index contributed by atoms with van der Waals surface area (Å²) in [6.07, 6.45) is 0. The summed E-state index contributed by atoms with van der Waals surface area (Å²) < 4.78 is 33.0. The third-order valence-electron chi connectivity index (χ3n) is 5.01. The third-order valence-corrected chi connectivity index (χ3v) is 6.80. The topological polar surface area (TPSA) is 75.7 Å². The van der Waals surface area contributed by atoms with Gasteiger partial charge in [0.25, 0.3) is 10.0 Å². The van der Waals surface area contributed by atoms with Gasteiger partial charge < -0.3 is 10.1 Å². The maximum Gasteiger partial charge on any atom is 0.264 e. The van der Waals surface area contributed by atoms with Crippen LogP contribution in [0.15, 0.2) is 102 Å². The standard InChI is InChI=1S/C25H22N2O4S/c1-31-23-13-15-24(16-14-23)32(29,30)27(22-9-3-2-4-10-22)18-25(28)26-21-12-11-19-7-5-6-8-20(19)17-21/h2-17H,18H2,1H3,(H,26,28). The second kappa shape index (κ2) is 9.11. The van der Waals surface area contributed by atoms with Crippen LogP contribution >= 0.6 is 0 Å². The molecule has 0 aromatic heterocycles. The number of benzene rings is 4. The Balaban J connectivity index is 1.62. The van der Waals surface area contributed by atoms with E-state index in [4.69, 9.17) is 4.74 Å². The van der Waals surface area contributed by atoms with Crippen molar-refractivity contribution in [3.05, 3.63) is 97.1 Å². The van der Waals surface area contributed by atoms with Gasteiger partial charge in [0.2, 0.25) is 5.91 Å². The summed E-state index contributed by atoms with van der Waals surface area (Å²) >= 11 is 0. The highest BCUT2D eigenvalue weighted by atomic mass is 32.2. The zero-order chi connectivity index (χ0) is 22.6. The number of nitrogens with zero attached hydrogens (tertiary/aromatic N) is 1. The van der Waals surface area contributed by atoms with Crippen molar-refractivity contribution in [1.82, 2.24) is 0 Å². The Morgan fingerprint density at radius 1 is 0.844 bits per heavy atom. The molecule has 0 aliphatic heterocycles. The van der Waals surface area contributed by atoms with Crippen molar-refractivity contribution in [2.75, 3.05) is 23.3 Å². The highest BCUT2D eigenvalue weighted by Gasteiger charge is 2.27. The van der Waals surface area contributed by atoms with Crippen molar-refractivity contribution in [2.24, 2.45) is 0 Å².